The quantitative estimate of drug-likeness (QED) is 0.788. The summed E-state index contributed by atoms with van der Waals surface area (Å²) in [5, 5.41) is 3.51. The SMILES string of the molecule is CCc1cccc(CC)c1Nc1ccc(N)cc1. The van der Waals surface area contributed by atoms with E-state index in [2.05, 4.69) is 37.4 Å². The van der Waals surface area contributed by atoms with Gasteiger partial charge in [-0.3, -0.25) is 0 Å². The summed E-state index contributed by atoms with van der Waals surface area (Å²) in [6.07, 6.45) is 2.07. The number of nitrogens with one attached hydrogen (secondary N) is 1. The van der Waals surface area contributed by atoms with Crippen LogP contribution in [0.2, 0.25) is 0 Å². The van der Waals surface area contributed by atoms with Gasteiger partial charge in [0.25, 0.3) is 0 Å². The number of nitrogen functional groups attached to an aromatic ring is 1. The Labute approximate surface area is 109 Å². The van der Waals surface area contributed by atoms with Gasteiger partial charge in [0.2, 0.25) is 0 Å². The van der Waals surface area contributed by atoms with Crippen molar-refractivity contribution in [2.24, 2.45) is 0 Å². The highest BCUT2D eigenvalue weighted by atomic mass is 14.9. The van der Waals surface area contributed by atoms with Crippen molar-refractivity contribution in [3.05, 3.63) is 53.6 Å². The van der Waals surface area contributed by atoms with E-state index in [9.17, 15) is 0 Å². The van der Waals surface area contributed by atoms with Gasteiger partial charge in [-0.1, -0.05) is 32.0 Å². The predicted octanol–water partition coefficient (Wildman–Crippen LogP) is 4.14. The first-order valence-corrected chi connectivity index (χ1v) is 6.48. The molecule has 0 fully saturated rings. The molecule has 2 heteroatoms. The summed E-state index contributed by atoms with van der Waals surface area (Å²) in [6, 6.07) is 14.4. The van der Waals surface area contributed by atoms with Crippen LogP contribution in [0, 0.1) is 0 Å². The van der Waals surface area contributed by atoms with Crippen molar-refractivity contribution in [3.63, 3.8) is 0 Å². The number of hydrogen-bond acceptors (Lipinski definition) is 2. The van der Waals surface area contributed by atoms with Gasteiger partial charge in [0.05, 0.1) is 0 Å². The molecule has 0 aliphatic rings. The van der Waals surface area contributed by atoms with E-state index in [1.54, 1.807) is 0 Å². The maximum Gasteiger partial charge on any atom is 0.0449 e. The molecule has 3 N–H and O–H groups in total. The number of para-hydroxylation sites is 1. The molecule has 0 bridgehead atoms. The molecule has 0 aliphatic carbocycles. The van der Waals surface area contributed by atoms with E-state index in [0.717, 1.165) is 24.2 Å². The van der Waals surface area contributed by atoms with E-state index in [1.807, 2.05) is 24.3 Å². The Hall–Kier alpha value is -1.96. The number of rotatable bonds is 4. The molecule has 94 valence electrons. The van der Waals surface area contributed by atoms with Gasteiger partial charge < -0.3 is 11.1 Å². The highest BCUT2D eigenvalue weighted by Gasteiger charge is 2.06. The maximum atomic E-state index is 5.70. The Morgan fingerprint density at radius 2 is 1.44 bits per heavy atom. The molecule has 0 aliphatic heterocycles. The molecule has 2 nitrogen and oxygen atoms in total. The number of anilines is 3. The molecule has 0 unspecified atom stereocenters. The maximum absolute atomic E-state index is 5.70. The first-order valence-electron chi connectivity index (χ1n) is 6.48. The summed E-state index contributed by atoms with van der Waals surface area (Å²) < 4.78 is 0. The molecule has 0 spiro atoms. The van der Waals surface area contributed by atoms with E-state index < -0.39 is 0 Å². The average molecular weight is 240 g/mol. The average Bonchev–Trinajstić information content (AvgIpc) is 2.41. The van der Waals surface area contributed by atoms with Crippen LogP contribution in [0.15, 0.2) is 42.5 Å². The molecule has 0 saturated carbocycles. The number of benzene rings is 2. The van der Waals surface area contributed by atoms with E-state index in [-0.39, 0.29) is 0 Å². The van der Waals surface area contributed by atoms with Crippen LogP contribution < -0.4 is 11.1 Å². The molecular formula is C16H20N2. The zero-order chi connectivity index (χ0) is 13.0. The second-order valence-electron chi connectivity index (χ2n) is 4.41. The Morgan fingerprint density at radius 3 is 1.94 bits per heavy atom. The first-order chi connectivity index (χ1) is 8.74. The molecule has 0 saturated heterocycles. The van der Waals surface area contributed by atoms with E-state index in [1.165, 1.54) is 16.8 Å². The largest absolute Gasteiger partial charge is 0.399 e. The minimum absolute atomic E-state index is 0.792. The minimum Gasteiger partial charge on any atom is -0.399 e. The molecule has 0 atom stereocenters. The lowest BCUT2D eigenvalue weighted by Gasteiger charge is -2.15. The fourth-order valence-corrected chi connectivity index (χ4v) is 2.11. The van der Waals surface area contributed by atoms with Crippen LogP contribution in [0.1, 0.15) is 25.0 Å². The fourth-order valence-electron chi connectivity index (χ4n) is 2.11. The number of nitrogens with two attached hydrogens (primary N) is 1. The van der Waals surface area contributed by atoms with Crippen LogP contribution in [0.25, 0.3) is 0 Å². The smallest absolute Gasteiger partial charge is 0.0449 e. The third kappa shape index (κ3) is 2.65. The van der Waals surface area contributed by atoms with Crippen LogP contribution in [-0.2, 0) is 12.8 Å². The lowest BCUT2D eigenvalue weighted by atomic mass is 10.0. The number of hydrogen-bond donors (Lipinski definition) is 2. The van der Waals surface area contributed by atoms with Gasteiger partial charge in [-0.25, -0.2) is 0 Å². The Balaban J connectivity index is 2.35. The Kier molecular flexibility index (Phi) is 3.88. The van der Waals surface area contributed by atoms with Gasteiger partial charge >= 0.3 is 0 Å². The molecular weight excluding hydrogens is 220 g/mol. The van der Waals surface area contributed by atoms with Gasteiger partial charge in [0, 0.05) is 17.1 Å². The molecule has 2 aromatic rings. The predicted molar refractivity (Wildman–Crippen MR) is 79.3 cm³/mol. The molecule has 2 aromatic carbocycles. The van der Waals surface area contributed by atoms with Crippen LogP contribution in [0.3, 0.4) is 0 Å². The van der Waals surface area contributed by atoms with Crippen LogP contribution in [0.5, 0.6) is 0 Å². The van der Waals surface area contributed by atoms with Gasteiger partial charge in [-0.05, 0) is 48.2 Å². The van der Waals surface area contributed by atoms with Crippen LogP contribution in [0.4, 0.5) is 17.1 Å². The highest BCUT2D eigenvalue weighted by molar-refractivity contribution is 5.68. The van der Waals surface area contributed by atoms with Crippen molar-refractivity contribution < 1.29 is 0 Å². The Morgan fingerprint density at radius 1 is 0.889 bits per heavy atom. The van der Waals surface area contributed by atoms with Crippen molar-refractivity contribution in [2.45, 2.75) is 26.7 Å². The summed E-state index contributed by atoms with van der Waals surface area (Å²) >= 11 is 0. The van der Waals surface area contributed by atoms with Crippen molar-refractivity contribution >= 4 is 17.1 Å². The monoisotopic (exact) mass is 240 g/mol. The minimum atomic E-state index is 0.792. The lowest BCUT2D eigenvalue weighted by molar-refractivity contribution is 1.09. The number of aryl methyl sites for hydroxylation is 2. The van der Waals surface area contributed by atoms with Crippen LogP contribution in [-0.4, -0.2) is 0 Å². The molecule has 2 rings (SSSR count). The van der Waals surface area contributed by atoms with Gasteiger partial charge in [0.1, 0.15) is 0 Å². The fraction of sp³-hybridized carbons (Fsp3) is 0.250. The summed E-state index contributed by atoms with van der Waals surface area (Å²) in [7, 11) is 0. The molecule has 18 heavy (non-hydrogen) atoms. The van der Waals surface area contributed by atoms with Crippen LogP contribution >= 0.6 is 0 Å². The molecule has 0 aromatic heterocycles. The summed E-state index contributed by atoms with van der Waals surface area (Å²) in [5.74, 6) is 0. The van der Waals surface area contributed by atoms with Crippen molar-refractivity contribution in [3.8, 4) is 0 Å². The lowest BCUT2D eigenvalue weighted by Crippen LogP contribution is -2.00. The zero-order valence-corrected chi connectivity index (χ0v) is 11.0. The third-order valence-electron chi connectivity index (χ3n) is 3.18. The van der Waals surface area contributed by atoms with Crippen molar-refractivity contribution in [2.75, 3.05) is 11.1 Å². The summed E-state index contributed by atoms with van der Waals surface area (Å²) in [4.78, 5) is 0. The molecule has 0 heterocycles. The standard InChI is InChI=1S/C16H20N2/c1-3-12-6-5-7-13(4-2)16(12)18-15-10-8-14(17)9-11-15/h5-11,18H,3-4,17H2,1-2H3. The normalized spacial score (nSPS) is 10.3. The highest BCUT2D eigenvalue weighted by Crippen LogP contribution is 2.26. The van der Waals surface area contributed by atoms with Gasteiger partial charge in [-0.2, -0.15) is 0 Å². The Bertz CT molecular complexity index is 493. The van der Waals surface area contributed by atoms with Gasteiger partial charge in [0.15, 0.2) is 0 Å². The summed E-state index contributed by atoms with van der Waals surface area (Å²) in [5.41, 5.74) is 11.5. The van der Waals surface area contributed by atoms with Gasteiger partial charge in [-0.15, -0.1) is 0 Å². The van der Waals surface area contributed by atoms with Crippen molar-refractivity contribution in [1.82, 2.24) is 0 Å². The van der Waals surface area contributed by atoms with E-state index >= 15 is 0 Å². The first kappa shape index (κ1) is 12.5. The zero-order valence-electron chi connectivity index (χ0n) is 11.0. The molecule has 0 amide bonds. The van der Waals surface area contributed by atoms with E-state index in [0.29, 0.717) is 0 Å². The summed E-state index contributed by atoms with van der Waals surface area (Å²) in [6.45, 7) is 4.37. The molecule has 0 radical (unpaired) electrons. The van der Waals surface area contributed by atoms with E-state index in [4.69, 9.17) is 5.73 Å². The topological polar surface area (TPSA) is 38.0 Å². The van der Waals surface area contributed by atoms with Crippen molar-refractivity contribution in [1.29, 1.82) is 0 Å². The third-order valence-corrected chi connectivity index (χ3v) is 3.18. The second-order valence-corrected chi connectivity index (χ2v) is 4.41. The second kappa shape index (κ2) is 5.58.